The molecule has 1 fully saturated rings. The Morgan fingerprint density at radius 3 is 2.57 bits per heavy atom. The Balaban J connectivity index is 2.25. The van der Waals surface area contributed by atoms with E-state index < -0.39 is 0 Å². The van der Waals surface area contributed by atoms with E-state index in [9.17, 15) is 4.79 Å². The van der Waals surface area contributed by atoms with Crippen LogP contribution in [-0.4, -0.2) is 10.9 Å². The molecular weight excluding hydrogens is 108 g/mol. The molecule has 0 aromatic rings. The minimum atomic E-state index is 0.381. The van der Waals surface area contributed by atoms with Gasteiger partial charge in [-0.25, -0.2) is 0 Å². The lowest BCUT2D eigenvalue weighted by atomic mass is 10.3. The van der Waals surface area contributed by atoms with E-state index in [-0.39, 0.29) is 0 Å². The number of thioether (sulfide) groups is 1. The molecule has 1 rings (SSSR count). The van der Waals surface area contributed by atoms with Crippen LogP contribution >= 0.6 is 11.8 Å². The highest BCUT2D eigenvalue weighted by molar-refractivity contribution is 8.13. The van der Waals surface area contributed by atoms with E-state index in [0.29, 0.717) is 5.12 Å². The van der Waals surface area contributed by atoms with Crippen molar-refractivity contribution in [2.75, 3.05) is 5.75 Å². The van der Waals surface area contributed by atoms with E-state index in [1.807, 2.05) is 0 Å². The van der Waals surface area contributed by atoms with Crippen LogP contribution in [0.5, 0.6) is 0 Å². The topological polar surface area (TPSA) is 17.1 Å². The molecule has 40 valence electrons. The second-order valence-electron chi connectivity index (χ2n) is 1.68. The zero-order chi connectivity index (χ0) is 5.11. The fraction of sp³-hybridized carbons (Fsp3) is 0.800. The van der Waals surface area contributed by atoms with Gasteiger partial charge in [0.05, 0.1) is 0 Å². The molecule has 0 spiro atoms. The molecule has 7 heavy (non-hydrogen) atoms. The number of carbonyl (C=O) groups is 1. The van der Waals surface area contributed by atoms with Crippen LogP contribution in [0.15, 0.2) is 0 Å². The van der Waals surface area contributed by atoms with E-state index in [0.717, 1.165) is 18.6 Å². The van der Waals surface area contributed by atoms with Gasteiger partial charge in [0.1, 0.15) is 0 Å². The summed E-state index contributed by atoms with van der Waals surface area (Å²) in [6, 6.07) is 0. The van der Waals surface area contributed by atoms with Gasteiger partial charge < -0.3 is 0 Å². The average Bonchev–Trinajstić information content (AvgIpc) is 1.69. The first-order valence-electron chi connectivity index (χ1n) is 2.55. The molecule has 0 N–H and O–H groups in total. The predicted octanol–water partition coefficient (Wildman–Crippen LogP) is 1.43. The Labute approximate surface area is 47.5 Å². The van der Waals surface area contributed by atoms with E-state index in [4.69, 9.17) is 0 Å². The van der Waals surface area contributed by atoms with Gasteiger partial charge >= 0.3 is 0 Å². The third-order valence-corrected chi connectivity index (χ3v) is 2.06. The van der Waals surface area contributed by atoms with Gasteiger partial charge in [0, 0.05) is 12.2 Å². The molecule has 0 amide bonds. The van der Waals surface area contributed by atoms with Gasteiger partial charge in [-0.15, -0.1) is 0 Å². The number of hydrogen-bond acceptors (Lipinski definition) is 2. The summed E-state index contributed by atoms with van der Waals surface area (Å²) in [6.45, 7) is 0. The summed E-state index contributed by atoms with van der Waals surface area (Å²) >= 11 is 1.48. The summed E-state index contributed by atoms with van der Waals surface area (Å²) in [4.78, 5) is 10.4. The summed E-state index contributed by atoms with van der Waals surface area (Å²) in [6.07, 6.45) is 3.16. The van der Waals surface area contributed by atoms with Crippen LogP contribution in [0.3, 0.4) is 0 Å². The van der Waals surface area contributed by atoms with Gasteiger partial charge in [-0.3, -0.25) is 4.79 Å². The molecule has 0 bridgehead atoms. The number of rotatable bonds is 0. The monoisotopic (exact) mass is 116 g/mol. The summed E-state index contributed by atoms with van der Waals surface area (Å²) in [5.41, 5.74) is 0. The normalized spacial score (nSPS) is 22.6. The van der Waals surface area contributed by atoms with E-state index >= 15 is 0 Å². The van der Waals surface area contributed by atoms with Crippen LogP contribution in [0.4, 0.5) is 0 Å². The van der Waals surface area contributed by atoms with Gasteiger partial charge in [0.25, 0.3) is 0 Å². The van der Waals surface area contributed by atoms with Crippen molar-refractivity contribution in [3.05, 3.63) is 0 Å². The van der Waals surface area contributed by atoms with Crippen LogP contribution < -0.4 is 0 Å². The molecule has 0 radical (unpaired) electrons. The van der Waals surface area contributed by atoms with Crippen LogP contribution in [0.2, 0.25) is 0 Å². The van der Waals surface area contributed by atoms with Crippen molar-refractivity contribution in [2.24, 2.45) is 0 Å². The molecule has 2 heteroatoms. The molecular formula is C5H8OS. The molecule has 1 saturated heterocycles. The first-order valence-corrected chi connectivity index (χ1v) is 3.54. The maximum absolute atomic E-state index is 10.4. The standard InChI is InChI=1S/C5H8OS/c6-5-3-1-2-4-7-5/h1-4H2. The van der Waals surface area contributed by atoms with Crippen molar-refractivity contribution in [3.8, 4) is 0 Å². The van der Waals surface area contributed by atoms with Gasteiger partial charge in [0.15, 0.2) is 5.12 Å². The van der Waals surface area contributed by atoms with Gasteiger partial charge in [-0.2, -0.15) is 0 Å². The second kappa shape index (κ2) is 2.36. The van der Waals surface area contributed by atoms with Crippen LogP contribution in [-0.2, 0) is 4.79 Å². The Kier molecular flexibility index (Phi) is 1.74. The van der Waals surface area contributed by atoms with Crippen LogP contribution in [0.25, 0.3) is 0 Å². The minimum absolute atomic E-state index is 0.381. The van der Waals surface area contributed by atoms with E-state index in [2.05, 4.69) is 0 Å². The van der Waals surface area contributed by atoms with Crippen LogP contribution in [0.1, 0.15) is 19.3 Å². The first kappa shape index (κ1) is 5.16. The Morgan fingerprint density at radius 1 is 1.43 bits per heavy atom. The molecule has 0 aliphatic carbocycles. The molecule has 0 aromatic carbocycles. The fourth-order valence-corrected chi connectivity index (χ4v) is 1.49. The molecule has 1 aliphatic heterocycles. The molecule has 0 aromatic heterocycles. The lowest BCUT2D eigenvalue weighted by molar-refractivity contribution is -0.111. The summed E-state index contributed by atoms with van der Waals surface area (Å²) < 4.78 is 0. The smallest absolute Gasteiger partial charge is 0.188 e. The molecule has 0 saturated carbocycles. The van der Waals surface area contributed by atoms with Crippen LogP contribution in [0, 0.1) is 0 Å². The van der Waals surface area contributed by atoms with Gasteiger partial charge in [-0.1, -0.05) is 11.8 Å². The lowest BCUT2D eigenvalue weighted by Gasteiger charge is -2.04. The van der Waals surface area contributed by atoms with Gasteiger partial charge in [0.2, 0.25) is 0 Å². The third-order valence-electron chi connectivity index (χ3n) is 1.04. The summed E-state index contributed by atoms with van der Waals surface area (Å²) in [5, 5.41) is 0.381. The quantitative estimate of drug-likeness (QED) is 0.476. The lowest BCUT2D eigenvalue weighted by Crippen LogP contribution is -1.99. The highest BCUT2D eigenvalue weighted by Crippen LogP contribution is 2.17. The maximum atomic E-state index is 10.4. The van der Waals surface area contributed by atoms with Crippen molar-refractivity contribution in [3.63, 3.8) is 0 Å². The average molecular weight is 116 g/mol. The number of hydrogen-bond donors (Lipinski definition) is 0. The van der Waals surface area contributed by atoms with Crippen molar-refractivity contribution in [1.29, 1.82) is 0 Å². The number of carbonyl (C=O) groups excluding carboxylic acids is 1. The minimum Gasteiger partial charge on any atom is -0.287 e. The zero-order valence-electron chi connectivity index (χ0n) is 4.14. The Morgan fingerprint density at radius 2 is 2.29 bits per heavy atom. The molecule has 0 atom stereocenters. The summed E-state index contributed by atoms with van der Waals surface area (Å²) in [5.74, 6) is 1.05. The van der Waals surface area contributed by atoms with Crippen molar-refractivity contribution in [2.45, 2.75) is 19.3 Å². The summed E-state index contributed by atoms with van der Waals surface area (Å²) in [7, 11) is 0. The molecule has 1 nitrogen and oxygen atoms in total. The van der Waals surface area contributed by atoms with E-state index in [1.54, 1.807) is 0 Å². The largest absolute Gasteiger partial charge is 0.287 e. The zero-order valence-corrected chi connectivity index (χ0v) is 4.96. The Bertz CT molecular complexity index is 72.1. The Hall–Kier alpha value is 0.0200. The fourth-order valence-electron chi connectivity index (χ4n) is 0.630. The first-order chi connectivity index (χ1) is 3.39. The molecule has 1 heterocycles. The third kappa shape index (κ3) is 1.51. The highest BCUT2D eigenvalue weighted by atomic mass is 32.2. The van der Waals surface area contributed by atoms with E-state index in [1.165, 1.54) is 18.2 Å². The van der Waals surface area contributed by atoms with Crippen molar-refractivity contribution < 1.29 is 4.79 Å². The maximum Gasteiger partial charge on any atom is 0.188 e. The molecule has 0 unspecified atom stereocenters. The second-order valence-corrected chi connectivity index (χ2v) is 2.83. The SMILES string of the molecule is O=C1CCCCS1. The van der Waals surface area contributed by atoms with Gasteiger partial charge in [-0.05, 0) is 12.8 Å². The van der Waals surface area contributed by atoms with Crippen molar-refractivity contribution in [1.82, 2.24) is 0 Å². The predicted molar refractivity (Wildman–Crippen MR) is 31.3 cm³/mol. The highest BCUT2D eigenvalue weighted by Gasteiger charge is 2.06. The molecule has 1 aliphatic rings. The van der Waals surface area contributed by atoms with Crippen molar-refractivity contribution >= 4 is 16.9 Å².